The number of halogens is 2. The molecule has 1 aromatic carbocycles. The molecule has 230 valence electrons. The number of aromatic nitrogens is 3. The average Bonchev–Trinajstić information content (AvgIpc) is 3.57. The van der Waals surface area contributed by atoms with Crippen LogP contribution in [0.15, 0.2) is 36.5 Å². The minimum atomic E-state index is -0.525. The smallest absolute Gasteiger partial charge is 0.410 e. The number of anilines is 3. The third-order valence-corrected chi connectivity index (χ3v) is 9.41. The Balaban J connectivity index is 1.25. The van der Waals surface area contributed by atoms with Gasteiger partial charge in [0.1, 0.15) is 33.9 Å². The van der Waals surface area contributed by atoms with Gasteiger partial charge in [0, 0.05) is 56.5 Å². The molecule has 0 bridgehead atoms. The number of nitriles is 1. The van der Waals surface area contributed by atoms with Crippen LogP contribution in [-0.2, 0) is 11.2 Å². The van der Waals surface area contributed by atoms with Crippen LogP contribution < -0.4 is 9.80 Å². The molecule has 3 aromatic heterocycles. The summed E-state index contributed by atoms with van der Waals surface area (Å²) in [6.45, 7) is 10.4. The second-order valence-corrected chi connectivity index (χ2v) is 13.6. The molecular weight excluding hydrogens is 584 g/mol. The number of nitrogens with zero attached hydrogens (tertiary/aromatic N) is 7. The topological polar surface area (TPSA) is 90.0 Å². The number of aryl methyl sites for hydroxylation is 1. The molecule has 0 unspecified atom stereocenters. The van der Waals surface area contributed by atoms with E-state index in [1.165, 1.54) is 29.5 Å². The van der Waals surface area contributed by atoms with E-state index in [4.69, 9.17) is 9.72 Å². The van der Waals surface area contributed by atoms with E-state index in [9.17, 15) is 14.4 Å². The SMILES string of the molecule is CCc1nc2c(F)cc(N3CC4(CCN(C(=O)OC(C)(C)C)CC4)C3)cn2c1N(C)c1nc(-c2ccc(F)cc2)c(C#N)s1. The van der Waals surface area contributed by atoms with Crippen molar-refractivity contribution in [3.8, 4) is 17.3 Å². The Hall–Kier alpha value is -4.24. The minimum Gasteiger partial charge on any atom is -0.444 e. The number of pyridine rings is 1. The van der Waals surface area contributed by atoms with Crippen molar-refractivity contribution in [2.75, 3.05) is 43.0 Å². The predicted molar refractivity (Wildman–Crippen MR) is 167 cm³/mol. The van der Waals surface area contributed by atoms with Crippen LogP contribution in [0.3, 0.4) is 0 Å². The van der Waals surface area contributed by atoms with Gasteiger partial charge in [-0.1, -0.05) is 18.3 Å². The first-order valence-corrected chi connectivity index (χ1v) is 15.6. The highest BCUT2D eigenvalue weighted by molar-refractivity contribution is 7.16. The van der Waals surface area contributed by atoms with Crippen molar-refractivity contribution in [2.45, 2.75) is 52.6 Å². The lowest BCUT2D eigenvalue weighted by Crippen LogP contribution is -2.61. The van der Waals surface area contributed by atoms with Gasteiger partial charge in [0.2, 0.25) is 0 Å². The van der Waals surface area contributed by atoms with Crippen molar-refractivity contribution >= 4 is 39.7 Å². The van der Waals surface area contributed by atoms with E-state index < -0.39 is 11.4 Å². The maximum absolute atomic E-state index is 15.6. The normalized spacial score (nSPS) is 16.2. The molecule has 0 radical (unpaired) electrons. The fourth-order valence-corrected chi connectivity index (χ4v) is 6.91. The number of hydrogen-bond donors (Lipinski definition) is 0. The number of piperidine rings is 1. The number of amides is 1. The van der Waals surface area contributed by atoms with Gasteiger partial charge in [-0.2, -0.15) is 5.26 Å². The van der Waals surface area contributed by atoms with E-state index in [0.717, 1.165) is 31.6 Å². The Kier molecular flexibility index (Phi) is 7.48. The zero-order valence-corrected chi connectivity index (χ0v) is 26.3. The predicted octanol–water partition coefficient (Wildman–Crippen LogP) is 6.78. The summed E-state index contributed by atoms with van der Waals surface area (Å²) in [6, 6.07) is 9.63. The van der Waals surface area contributed by atoms with Crippen LogP contribution in [0.25, 0.3) is 16.9 Å². The molecule has 5 heterocycles. The highest BCUT2D eigenvalue weighted by Crippen LogP contribution is 2.44. The number of likely N-dealkylation sites (tertiary alicyclic amines) is 1. The van der Waals surface area contributed by atoms with E-state index in [-0.39, 0.29) is 23.0 Å². The number of ether oxygens (including phenoxy) is 1. The van der Waals surface area contributed by atoms with Crippen molar-refractivity contribution in [2.24, 2.45) is 5.41 Å². The Morgan fingerprint density at radius 3 is 2.45 bits per heavy atom. The van der Waals surface area contributed by atoms with Crippen LogP contribution in [0.5, 0.6) is 0 Å². The number of thiazole rings is 1. The van der Waals surface area contributed by atoms with Crippen molar-refractivity contribution < 1.29 is 18.3 Å². The van der Waals surface area contributed by atoms with Gasteiger partial charge in [0.05, 0.1) is 11.4 Å². The first-order chi connectivity index (χ1) is 20.9. The quantitative estimate of drug-likeness (QED) is 0.243. The van der Waals surface area contributed by atoms with Gasteiger partial charge in [-0.05, 0) is 64.3 Å². The molecule has 0 saturated carbocycles. The summed E-state index contributed by atoms with van der Waals surface area (Å²) in [5, 5.41) is 10.4. The molecule has 0 aliphatic carbocycles. The summed E-state index contributed by atoms with van der Waals surface area (Å²) >= 11 is 1.22. The molecular formula is C32H35F2N7O2S. The lowest BCUT2D eigenvalue weighted by molar-refractivity contribution is 0.00596. The van der Waals surface area contributed by atoms with Gasteiger partial charge < -0.3 is 19.4 Å². The summed E-state index contributed by atoms with van der Waals surface area (Å²) in [7, 11) is 1.83. The molecule has 2 aliphatic heterocycles. The van der Waals surface area contributed by atoms with E-state index in [2.05, 4.69) is 16.0 Å². The zero-order chi connectivity index (χ0) is 31.4. The number of imidazole rings is 1. The van der Waals surface area contributed by atoms with Gasteiger partial charge >= 0.3 is 6.09 Å². The largest absolute Gasteiger partial charge is 0.444 e. The van der Waals surface area contributed by atoms with Crippen LogP contribution in [-0.4, -0.2) is 64.2 Å². The van der Waals surface area contributed by atoms with Crippen LogP contribution in [0, 0.1) is 28.4 Å². The second-order valence-electron chi connectivity index (χ2n) is 12.7. The molecule has 1 spiro atoms. The van der Waals surface area contributed by atoms with Crippen LogP contribution in [0.1, 0.15) is 51.1 Å². The van der Waals surface area contributed by atoms with Crippen LogP contribution in [0.2, 0.25) is 0 Å². The van der Waals surface area contributed by atoms with Gasteiger partial charge in [-0.3, -0.25) is 4.40 Å². The summed E-state index contributed by atoms with van der Waals surface area (Å²) in [5.74, 6) is -0.107. The third kappa shape index (κ3) is 5.45. The number of benzene rings is 1. The number of carbonyl (C=O) groups is 1. The Labute approximate surface area is 259 Å². The monoisotopic (exact) mass is 619 g/mol. The van der Waals surface area contributed by atoms with E-state index >= 15 is 4.39 Å². The number of hydrogen-bond acceptors (Lipinski definition) is 8. The fraction of sp³-hybridized carbons (Fsp3) is 0.438. The molecule has 0 N–H and O–H groups in total. The van der Waals surface area contributed by atoms with E-state index in [1.54, 1.807) is 21.4 Å². The molecule has 9 nitrogen and oxygen atoms in total. The molecule has 2 fully saturated rings. The summed E-state index contributed by atoms with van der Waals surface area (Å²) in [4.78, 5) is 28.1. The number of carbonyl (C=O) groups excluding carboxylic acids is 1. The van der Waals surface area contributed by atoms with Gasteiger partial charge in [0.25, 0.3) is 0 Å². The highest BCUT2D eigenvalue weighted by atomic mass is 32.1. The Morgan fingerprint density at radius 2 is 1.84 bits per heavy atom. The third-order valence-electron chi connectivity index (χ3n) is 8.37. The Morgan fingerprint density at radius 1 is 1.16 bits per heavy atom. The fourth-order valence-electron chi connectivity index (χ4n) is 6.07. The maximum atomic E-state index is 15.6. The van der Waals surface area contributed by atoms with E-state index in [1.807, 2.05) is 45.8 Å². The molecule has 6 rings (SSSR count). The number of rotatable bonds is 5. The highest BCUT2D eigenvalue weighted by Gasteiger charge is 2.46. The molecule has 2 saturated heterocycles. The van der Waals surface area contributed by atoms with Crippen molar-refractivity contribution in [1.29, 1.82) is 5.26 Å². The average molecular weight is 620 g/mol. The van der Waals surface area contributed by atoms with Crippen molar-refractivity contribution in [1.82, 2.24) is 19.3 Å². The summed E-state index contributed by atoms with van der Waals surface area (Å²) in [5.41, 5.74) is 2.36. The minimum absolute atomic E-state index is 0.0818. The van der Waals surface area contributed by atoms with Crippen LogP contribution >= 0.6 is 11.3 Å². The standard InChI is InChI=1S/C32H35F2N7O2S/c1-6-24-28(38(5)29-37-26(25(16-35)44-29)20-7-9-21(33)10-8-20)41-17-22(15-23(34)27(41)36-24)40-18-32(19-40)11-13-39(14-12-32)30(42)43-31(2,3)4/h7-10,15,17H,6,11-14,18-19H2,1-5H3. The first-order valence-electron chi connectivity index (χ1n) is 14.7. The van der Waals surface area contributed by atoms with Gasteiger partial charge in [-0.25, -0.2) is 23.5 Å². The molecule has 4 aromatic rings. The molecule has 2 aliphatic rings. The molecule has 44 heavy (non-hydrogen) atoms. The van der Waals surface area contributed by atoms with Crippen molar-refractivity contribution in [3.63, 3.8) is 0 Å². The first kappa shape index (κ1) is 29.8. The van der Waals surface area contributed by atoms with Crippen molar-refractivity contribution in [3.05, 3.63) is 58.7 Å². The van der Waals surface area contributed by atoms with Crippen LogP contribution in [0.4, 0.5) is 30.2 Å². The second kappa shape index (κ2) is 11.0. The van der Waals surface area contributed by atoms with Gasteiger partial charge in [-0.15, -0.1) is 0 Å². The van der Waals surface area contributed by atoms with E-state index in [0.29, 0.717) is 52.3 Å². The molecule has 1 amide bonds. The molecule has 0 atom stereocenters. The zero-order valence-electron chi connectivity index (χ0n) is 25.5. The lowest BCUT2D eigenvalue weighted by atomic mass is 9.72. The van der Waals surface area contributed by atoms with Gasteiger partial charge in [0.15, 0.2) is 16.6 Å². The number of fused-ring (bicyclic) bond motifs is 1. The maximum Gasteiger partial charge on any atom is 0.410 e. The summed E-state index contributed by atoms with van der Waals surface area (Å²) < 4.78 is 36.4. The lowest BCUT2D eigenvalue weighted by Gasteiger charge is -2.54. The summed E-state index contributed by atoms with van der Waals surface area (Å²) in [6.07, 6.45) is 3.95. The molecule has 12 heteroatoms. The Bertz CT molecular complexity index is 1750.